The zero-order valence-electron chi connectivity index (χ0n) is 12.5. The van der Waals surface area contributed by atoms with Crippen LogP contribution in [-0.4, -0.2) is 31.3 Å². The number of nitrogen functional groups attached to an aromatic ring is 1. The van der Waals surface area contributed by atoms with Crippen LogP contribution in [0.15, 0.2) is 46.2 Å². The predicted molar refractivity (Wildman–Crippen MR) is 86.3 cm³/mol. The van der Waals surface area contributed by atoms with Gasteiger partial charge in [0.15, 0.2) is 0 Å². The lowest BCUT2D eigenvalue weighted by atomic mass is 10.2. The number of carboxylic acids is 1. The van der Waals surface area contributed by atoms with E-state index in [1.165, 1.54) is 38.1 Å². The van der Waals surface area contributed by atoms with Crippen molar-refractivity contribution in [1.82, 2.24) is 0 Å². The Morgan fingerprint density at radius 2 is 1.83 bits per heavy atom. The summed E-state index contributed by atoms with van der Waals surface area (Å²) in [5, 5.41) is 8.97. The molecule has 7 heteroatoms. The lowest BCUT2D eigenvalue weighted by Gasteiger charge is -2.11. The topological polar surface area (TPSA) is 98.8 Å². The Morgan fingerprint density at radius 3 is 2.39 bits per heavy atom. The minimum atomic E-state index is -1.05. The molecule has 0 heterocycles. The molecule has 23 heavy (non-hydrogen) atoms. The molecule has 0 saturated carbocycles. The summed E-state index contributed by atoms with van der Waals surface area (Å²) < 4.78 is 9.93. The van der Waals surface area contributed by atoms with Crippen LogP contribution in [0.1, 0.15) is 20.7 Å². The van der Waals surface area contributed by atoms with Gasteiger partial charge in [-0.15, -0.1) is 0 Å². The van der Waals surface area contributed by atoms with Gasteiger partial charge in [-0.05, 0) is 36.4 Å². The minimum Gasteiger partial charge on any atom is -0.497 e. The van der Waals surface area contributed by atoms with E-state index in [9.17, 15) is 9.59 Å². The van der Waals surface area contributed by atoms with Gasteiger partial charge in [-0.2, -0.15) is 0 Å². The molecule has 0 radical (unpaired) electrons. The molecule has 6 nitrogen and oxygen atoms in total. The monoisotopic (exact) mass is 333 g/mol. The van der Waals surface area contributed by atoms with Crippen molar-refractivity contribution in [1.29, 1.82) is 0 Å². The summed E-state index contributed by atoms with van der Waals surface area (Å²) in [5.74, 6) is -0.943. The maximum absolute atomic E-state index is 11.9. The van der Waals surface area contributed by atoms with Crippen LogP contribution in [0.4, 0.5) is 5.69 Å². The van der Waals surface area contributed by atoms with Crippen molar-refractivity contribution in [3.05, 3.63) is 47.5 Å². The Kier molecular flexibility index (Phi) is 5.13. The highest BCUT2D eigenvalue weighted by molar-refractivity contribution is 7.99. The van der Waals surface area contributed by atoms with E-state index in [-0.39, 0.29) is 5.56 Å². The van der Waals surface area contributed by atoms with E-state index >= 15 is 0 Å². The van der Waals surface area contributed by atoms with Crippen molar-refractivity contribution >= 4 is 29.4 Å². The number of esters is 1. The number of methoxy groups -OCH3 is 2. The quantitative estimate of drug-likeness (QED) is 0.641. The molecular weight excluding hydrogens is 318 g/mol. The Balaban J connectivity index is 2.42. The number of benzene rings is 2. The molecule has 0 aromatic heterocycles. The van der Waals surface area contributed by atoms with E-state index < -0.39 is 11.9 Å². The molecule has 0 aliphatic heterocycles. The molecule has 2 aromatic rings. The molecule has 0 amide bonds. The van der Waals surface area contributed by atoms with Gasteiger partial charge in [0.2, 0.25) is 0 Å². The number of hydrogen-bond acceptors (Lipinski definition) is 6. The summed E-state index contributed by atoms with van der Waals surface area (Å²) in [6.07, 6.45) is 0. The maximum Gasteiger partial charge on any atom is 0.339 e. The van der Waals surface area contributed by atoms with Gasteiger partial charge in [0.05, 0.1) is 25.3 Å². The highest BCUT2D eigenvalue weighted by Crippen LogP contribution is 2.36. The van der Waals surface area contributed by atoms with Crippen LogP contribution in [-0.2, 0) is 4.74 Å². The number of carbonyl (C=O) groups excluding carboxylic acids is 1. The first kappa shape index (κ1) is 16.7. The molecule has 2 aromatic carbocycles. The van der Waals surface area contributed by atoms with Gasteiger partial charge in [0.1, 0.15) is 5.75 Å². The van der Waals surface area contributed by atoms with Crippen LogP contribution in [0.2, 0.25) is 0 Å². The number of rotatable bonds is 5. The highest BCUT2D eigenvalue weighted by Gasteiger charge is 2.16. The zero-order chi connectivity index (χ0) is 17.0. The fourth-order valence-corrected chi connectivity index (χ4v) is 2.87. The molecule has 0 aliphatic carbocycles. The van der Waals surface area contributed by atoms with Gasteiger partial charge in [-0.1, -0.05) is 11.8 Å². The molecular formula is C16H15NO5S. The Bertz CT molecular complexity index is 760. The Hall–Kier alpha value is -2.67. The van der Waals surface area contributed by atoms with Crippen LogP contribution >= 0.6 is 11.8 Å². The van der Waals surface area contributed by atoms with Gasteiger partial charge in [-0.25, -0.2) is 9.59 Å². The maximum atomic E-state index is 11.9. The molecule has 0 spiro atoms. The van der Waals surface area contributed by atoms with Gasteiger partial charge in [0, 0.05) is 15.5 Å². The lowest BCUT2D eigenvalue weighted by molar-refractivity contribution is 0.0596. The molecule has 0 fully saturated rings. The van der Waals surface area contributed by atoms with Crippen molar-refractivity contribution in [2.75, 3.05) is 20.0 Å². The third kappa shape index (κ3) is 3.75. The SMILES string of the molecule is COC(=O)c1ccc(OC)cc1Sc1ccc(C(=O)O)cc1N. The van der Waals surface area contributed by atoms with E-state index in [1.54, 1.807) is 24.3 Å². The number of carbonyl (C=O) groups is 2. The molecule has 3 N–H and O–H groups in total. The third-order valence-electron chi connectivity index (χ3n) is 3.07. The first-order valence-corrected chi connectivity index (χ1v) is 7.35. The smallest absolute Gasteiger partial charge is 0.339 e. The van der Waals surface area contributed by atoms with Gasteiger partial charge >= 0.3 is 11.9 Å². The van der Waals surface area contributed by atoms with Crippen molar-refractivity contribution in [2.45, 2.75) is 9.79 Å². The number of carboxylic acid groups (broad SMARTS) is 1. The molecule has 120 valence electrons. The van der Waals surface area contributed by atoms with Gasteiger partial charge < -0.3 is 20.3 Å². The fraction of sp³-hybridized carbons (Fsp3) is 0.125. The van der Waals surface area contributed by atoms with E-state index in [1.807, 2.05) is 0 Å². The van der Waals surface area contributed by atoms with E-state index in [4.69, 9.17) is 20.3 Å². The first-order valence-electron chi connectivity index (χ1n) is 6.53. The van der Waals surface area contributed by atoms with E-state index in [2.05, 4.69) is 0 Å². The number of aromatic carboxylic acids is 1. The molecule has 0 aliphatic rings. The van der Waals surface area contributed by atoms with Crippen molar-refractivity contribution in [2.24, 2.45) is 0 Å². The summed E-state index contributed by atoms with van der Waals surface area (Å²) >= 11 is 1.24. The van der Waals surface area contributed by atoms with Crippen molar-refractivity contribution < 1.29 is 24.2 Å². The lowest BCUT2D eigenvalue weighted by Crippen LogP contribution is -2.04. The summed E-state index contributed by atoms with van der Waals surface area (Å²) in [4.78, 5) is 24.1. The average Bonchev–Trinajstić information content (AvgIpc) is 2.55. The number of anilines is 1. The molecule has 0 atom stereocenters. The second-order valence-corrected chi connectivity index (χ2v) is 5.60. The Labute approximate surface area is 137 Å². The minimum absolute atomic E-state index is 0.102. The number of hydrogen-bond donors (Lipinski definition) is 2. The molecule has 0 saturated heterocycles. The van der Waals surface area contributed by atoms with Gasteiger partial charge in [0.25, 0.3) is 0 Å². The van der Waals surface area contributed by atoms with Crippen LogP contribution in [0, 0.1) is 0 Å². The molecule has 2 rings (SSSR count). The number of ether oxygens (including phenoxy) is 2. The van der Waals surface area contributed by atoms with E-state index in [0.717, 1.165) is 0 Å². The third-order valence-corrected chi connectivity index (χ3v) is 4.22. The second-order valence-electron chi connectivity index (χ2n) is 4.51. The van der Waals surface area contributed by atoms with Crippen LogP contribution < -0.4 is 10.5 Å². The van der Waals surface area contributed by atoms with Crippen LogP contribution in [0.5, 0.6) is 5.75 Å². The first-order chi connectivity index (χ1) is 11.0. The van der Waals surface area contributed by atoms with Crippen molar-refractivity contribution in [3.8, 4) is 5.75 Å². The molecule has 0 bridgehead atoms. The largest absolute Gasteiger partial charge is 0.497 e. The normalized spacial score (nSPS) is 10.2. The zero-order valence-corrected chi connectivity index (χ0v) is 13.3. The van der Waals surface area contributed by atoms with Crippen molar-refractivity contribution in [3.63, 3.8) is 0 Å². The highest BCUT2D eigenvalue weighted by atomic mass is 32.2. The van der Waals surface area contributed by atoms with Crippen LogP contribution in [0.3, 0.4) is 0 Å². The summed E-state index contributed by atoms with van der Waals surface area (Å²) in [5.41, 5.74) is 6.70. The summed E-state index contributed by atoms with van der Waals surface area (Å²) in [6.45, 7) is 0. The van der Waals surface area contributed by atoms with E-state index in [0.29, 0.717) is 26.8 Å². The molecule has 0 unspecified atom stereocenters. The Morgan fingerprint density at radius 1 is 1.09 bits per heavy atom. The second kappa shape index (κ2) is 7.06. The average molecular weight is 333 g/mol. The fourth-order valence-electron chi connectivity index (χ4n) is 1.89. The number of nitrogens with two attached hydrogens (primary N) is 1. The summed E-state index contributed by atoms with van der Waals surface area (Å²) in [6, 6.07) is 9.40. The van der Waals surface area contributed by atoms with Crippen LogP contribution in [0.25, 0.3) is 0 Å². The predicted octanol–water partition coefficient (Wildman–Crippen LogP) is 2.91. The van der Waals surface area contributed by atoms with Gasteiger partial charge in [-0.3, -0.25) is 0 Å². The standard InChI is InChI=1S/C16H15NO5S/c1-21-10-4-5-11(16(20)22-2)14(8-10)23-13-6-3-9(15(18)19)7-12(13)17/h3-8H,17H2,1-2H3,(H,18,19). The summed E-state index contributed by atoms with van der Waals surface area (Å²) in [7, 11) is 2.83.